The number of nitrogens with one attached hydrogen (secondary N) is 3. The highest BCUT2D eigenvalue weighted by Gasteiger charge is 2.17. The number of fused-ring (bicyclic) bond motifs is 3. The van der Waals surface area contributed by atoms with Crippen molar-refractivity contribution in [3.63, 3.8) is 0 Å². The Hall–Kier alpha value is -3.01. The van der Waals surface area contributed by atoms with Gasteiger partial charge in [-0.05, 0) is 18.1 Å². The van der Waals surface area contributed by atoms with Crippen LogP contribution in [0.4, 0.5) is 5.82 Å². The van der Waals surface area contributed by atoms with Crippen LogP contribution in [0, 0.1) is 0 Å². The van der Waals surface area contributed by atoms with Crippen molar-refractivity contribution in [3.8, 4) is 5.75 Å². The second-order valence-electron chi connectivity index (χ2n) is 8.40. The van der Waals surface area contributed by atoms with Crippen LogP contribution < -0.4 is 26.2 Å². The van der Waals surface area contributed by atoms with Gasteiger partial charge in [0.25, 0.3) is 5.56 Å². The van der Waals surface area contributed by atoms with Crippen LogP contribution >= 0.6 is 23.4 Å². The van der Waals surface area contributed by atoms with Crippen molar-refractivity contribution >= 4 is 35.1 Å². The summed E-state index contributed by atoms with van der Waals surface area (Å²) in [5.74, 6) is 2.37. The number of carbonyl (C=O) groups excluding carboxylic acids is 1. The summed E-state index contributed by atoms with van der Waals surface area (Å²) < 4.78 is 7.19. The van der Waals surface area contributed by atoms with Crippen molar-refractivity contribution in [2.45, 2.75) is 25.6 Å². The summed E-state index contributed by atoms with van der Waals surface area (Å²) in [5.41, 5.74) is 1.58. The molecule has 4 rings (SSSR count). The Labute approximate surface area is 219 Å². The molecule has 2 aromatic carbocycles. The molecule has 2 heterocycles. The van der Waals surface area contributed by atoms with Crippen LogP contribution in [0.15, 0.2) is 65.6 Å². The molecule has 0 saturated carbocycles. The highest BCUT2D eigenvalue weighted by atomic mass is 35.5. The molecule has 0 unspecified atom stereocenters. The number of para-hydroxylation sites is 1. The average Bonchev–Trinajstić information content (AvgIpc) is 2.89. The lowest BCUT2D eigenvalue weighted by molar-refractivity contribution is -0.121. The summed E-state index contributed by atoms with van der Waals surface area (Å²) in [7, 11) is 0. The minimum atomic E-state index is -0.437. The monoisotopic (exact) mass is 527 g/mol. The Bertz CT molecular complexity index is 1210. The molecule has 1 aliphatic rings. The number of amides is 1. The van der Waals surface area contributed by atoms with Crippen molar-refractivity contribution in [2.75, 3.05) is 36.5 Å². The zero-order valence-corrected chi connectivity index (χ0v) is 21.5. The number of rotatable bonds is 2. The second kappa shape index (κ2) is 13.3. The Morgan fingerprint density at radius 1 is 1.08 bits per heavy atom. The quantitative estimate of drug-likeness (QED) is 0.471. The molecule has 1 aromatic heterocycles. The lowest BCUT2D eigenvalue weighted by Crippen LogP contribution is -2.39. The van der Waals surface area contributed by atoms with E-state index in [1.54, 1.807) is 0 Å². The first-order chi connectivity index (χ1) is 17.6. The van der Waals surface area contributed by atoms with E-state index in [9.17, 15) is 9.59 Å². The molecule has 0 saturated heterocycles. The molecule has 36 heavy (non-hydrogen) atoms. The molecule has 0 radical (unpaired) electrons. The molecular weight excluding hydrogens is 498 g/mol. The van der Waals surface area contributed by atoms with Crippen LogP contribution in [-0.2, 0) is 24.3 Å². The maximum absolute atomic E-state index is 13.2. The number of thioether (sulfide) groups is 1. The predicted octanol–water partition coefficient (Wildman–Crippen LogP) is 2.95. The molecule has 1 amide bonds. The number of benzene rings is 2. The normalized spacial score (nSPS) is 17.8. The fourth-order valence-corrected chi connectivity index (χ4v) is 4.78. The van der Waals surface area contributed by atoms with E-state index in [4.69, 9.17) is 16.3 Å². The zero-order valence-electron chi connectivity index (χ0n) is 19.9. The molecule has 1 aliphatic heterocycles. The Kier molecular flexibility index (Phi) is 9.66. The zero-order chi connectivity index (χ0) is 25.2. The van der Waals surface area contributed by atoms with E-state index in [1.165, 1.54) is 10.8 Å². The average molecular weight is 528 g/mol. The van der Waals surface area contributed by atoms with Gasteiger partial charge in [0, 0.05) is 42.7 Å². The SMILES string of the molecule is O=C1Cn2c(Cl)cnc(c2=O)N[C@@H](Cc2ccccc2)CNCCSCCOc2ccccc2CN1. The maximum Gasteiger partial charge on any atom is 0.294 e. The summed E-state index contributed by atoms with van der Waals surface area (Å²) in [6, 6.07) is 17.6. The smallest absolute Gasteiger partial charge is 0.294 e. The summed E-state index contributed by atoms with van der Waals surface area (Å²) in [5, 5.41) is 9.73. The first kappa shape index (κ1) is 26.1. The van der Waals surface area contributed by atoms with E-state index in [0.717, 1.165) is 34.9 Å². The van der Waals surface area contributed by atoms with Crippen LogP contribution in [0.5, 0.6) is 5.75 Å². The van der Waals surface area contributed by atoms with E-state index < -0.39 is 5.56 Å². The van der Waals surface area contributed by atoms with Crippen LogP contribution in [-0.4, -0.2) is 52.7 Å². The van der Waals surface area contributed by atoms with E-state index in [0.29, 0.717) is 19.6 Å². The molecule has 2 bridgehead atoms. The molecule has 10 heteroatoms. The fourth-order valence-electron chi connectivity index (χ4n) is 3.90. The summed E-state index contributed by atoms with van der Waals surface area (Å²) in [6.07, 6.45) is 2.10. The Balaban J connectivity index is 1.55. The number of aromatic nitrogens is 2. The van der Waals surface area contributed by atoms with E-state index in [1.807, 2.05) is 54.2 Å². The molecule has 1 atom stereocenters. The number of hydrogen-bond donors (Lipinski definition) is 3. The molecule has 3 N–H and O–H groups in total. The van der Waals surface area contributed by atoms with Crippen LogP contribution in [0.25, 0.3) is 0 Å². The summed E-state index contributed by atoms with van der Waals surface area (Å²) >= 11 is 8.07. The first-order valence-electron chi connectivity index (χ1n) is 11.9. The number of carbonyl (C=O) groups is 1. The largest absolute Gasteiger partial charge is 0.492 e. The van der Waals surface area contributed by atoms with E-state index in [-0.39, 0.29) is 36.0 Å². The minimum absolute atomic E-state index is 0.0824. The van der Waals surface area contributed by atoms with Crippen molar-refractivity contribution in [2.24, 2.45) is 0 Å². The van der Waals surface area contributed by atoms with Crippen LogP contribution in [0.1, 0.15) is 11.1 Å². The second-order valence-corrected chi connectivity index (χ2v) is 10.0. The van der Waals surface area contributed by atoms with Gasteiger partial charge < -0.3 is 20.7 Å². The van der Waals surface area contributed by atoms with Gasteiger partial charge in [0.05, 0.1) is 12.8 Å². The van der Waals surface area contributed by atoms with Crippen molar-refractivity contribution < 1.29 is 9.53 Å². The number of nitrogens with zero attached hydrogens (tertiary/aromatic N) is 2. The Morgan fingerprint density at radius 3 is 2.75 bits per heavy atom. The van der Waals surface area contributed by atoms with Gasteiger partial charge in [-0.3, -0.25) is 14.2 Å². The molecule has 0 fully saturated rings. The third-order valence-electron chi connectivity index (χ3n) is 5.72. The molecule has 190 valence electrons. The molecule has 3 aromatic rings. The highest BCUT2D eigenvalue weighted by molar-refractivity contribution is 7.99. The van der Waals surface area contributed by atoms with Gasteiger partial charge in [-0.25, -0.2) is 4.98 Å². The summed E-state index contributed by atoms with van der Waals surface area (Å²) in [6.45, 7) is 2.12. The third-order valence-corrected chi connectivity index (χ3v) is 6.97. The van der Waals surface area contributed by atoms with Gasteiger partial charge in [-0.1, -0.05) is 60.1 Å². The van der Waals surface area contributed by atoms with Gasteiger partial charge >= 0.3 is 0 Å². The predicted molar refractivity (Wildman–Crippen MR) is 145 cm³/mol. The van der Waals surface area contributed by atoms with E-state index >= 15 is 0 Å². The standard InChI is InChI=1S/C26H30ClN5O3S/c27-23-17-30-25-26(34)32(23)18-24(33)29-15-20-8-4-5-9-22(20)35-11-13-36-12-10-28-16-21(31-25)14-19-6-2-1-3-7-19/h1-9,17,21,28H,10-16,18H2,(H,29,33)(H,30,31)/t21-/m0/s1. The molecule has 0 spiro atoms. The Morgan fingerprint density at radius 2 is 1.89 bits per heavy atom. The topological polar surface area (TPSA) is 97.3 Å². The van der Waals surface area contributed by atoms with E-state index in [2.05, 4.69) is 33.1 Å². The summed E-state index contributed by atoms with van der Waals surface area (Å²) in [4.78, 5) is 30.2. The van der Waals surface area contributed by atoms with Crippen molar-refractivity contribution in [3.05, 3.63) is 87.4 Å². The molecule has 8 nitrogen and oxygen atoms in total. The van der Waals surface area contributed by atoms with Gasteiger partial charge in [-0.15, -0.1) is 0 Å². The number of ether oxygens (including phenoxy) is 1. The third kappa shape index (κ3) is 7.49. The minimum Gasteiger partial charge on any atom is -0.492 e. The number of halogens is 1. The van der Waals surface area contributed by atoms with Gasteiger partial charge in [0.1, 0.15) is 17.4 Å². The maximum atomic E-state index is 13.2. The van der Waals surface area contributed by atoms with Gasteiger partial charge in [0.15, 0.2) is 5.82 Å². The van der Waals surface area contributed by atoms with Gasteiger partial charge in [0.2, 0.25) is 5.91 Å². The lowest BCUT2D eigenvalue weighted by Gasteiger charge is -2.20. The molecular formula is C26H30ClN5O3S. The fraction of sp³-hybridized carbons (Fsp3) is 0.346. The highest BCUT2D eigenvalue weighted by Crippen LogP contribution is 2.18. The van der Waals surface area contributed by atoms with Gasteiger partial charge in [-0.2, -0.15) is 11.8 Å². The van der Waals surface area contributed by atoms with Crippen molar-refractivity contribution in [1.29, 1.82) is 0 Å². The number of hydrogen-bond acceptors (Lipinski definition) is 7. The van der Waals surface area contributed by atoms with Crippen LogP contribution in [0.3, 0.4) is 0 Å². The van der Waals surface area contributed by atoms with Crippen LogP contribution in [0.2, 0.25) is 5.15 Å². The molecule has 0 aliphatic carbocycles. The first-order valence-corrected chi connectivity index (χ1v) is 13.4. The number of anilines is 1. The lowest BCUT2D eigenvalue weighted by atomic mass is 10.1. The van der Waals surface area contributed by atoms with Crippen molar-refractivity contribution in [1.82, 2.24) is 20.2 Å².